The number of rotatable bonds is 5. The zero-order valence-corrected chi connectivity index (χ0v) is 38.8. The van der Waals surface area contributed by atoms with E-state index < -0.39 is 6.17 Å². The van der Waals surface area contributed by atoms with Gasteiger partial charge in [-0.2, -0.15) is 0 Å². The molecule has 2 aliphatic rings. The third-order valence-electron chi connectivity index (χ3n) is 14.9. The van der Waals surface area contributed by atoms with Crippen LogP contribution in [0.1, 0.15) is 51.9 Å². The van der Waals surface area contributed by atoms with E-state index in [1.165, 1.54) is 64.1 Å². The number of aryl methyl sites for hydroxylation is 1. The summed E-state index contributed by atoms with van der Waals surface area (Å²) in [5.41, 5.74) is 14.6. The first-order chi connectivity index (χ1) is 34.7. The number of amidine groups is 2. The minimum absolute atomic E-state index is 0.0749. The Morgan fingerprint density at radius 3 is 2.14 bits per heavy atom. The van der Waals surface area contributed by atoms with Crippen LogP contribution in [0, 0.1) is 0 Å². The Morgan fingerprint density at radius 1 is 0.529 bits per heavy atom. The van der Waals surface area contributed by atoms with Gasteiger partial charge in [0, 0.05) is 70.0 Å². The van der Waals surface area contributed by atoms with Gasteiger partial charge in [0.2, 0.25) is 0 Å². The lowest BCUT2D eigenvalue weighted by Crippen LogP contribution is -2.34. The summed E-state index contributed by atoms with van der Waals surface area (Å²) in [6.45, 7) is 0. The van der Waals surface area contributed by atoms with E-state index >= 15 is 0 Å². The molecule has 13 aromatic rings. The molecular formula is C64H42N4OS. The van der Waals surface area contributed by atoms with Crippen LogP contribution in [0.25, 0.3) is 91.5 Å². The van der Waals surface area contributed by atoms with Crippen molar-refractivity contribution >= 4 is 97.7 Å². The van der Waals surface area contributed by atoms with Crippen molar-refractivity contribution in [3.05, 3.63) is 246 Å². The summed E-state index contributed by atoms with van der Waals surface area (Å²) in [6, 6.07) is 77.0. The van der Waals surface area contributed by atoms with Crippen molar-refractivity contribution in [2.24, 2.45) is 9.98 Å². The number of benzene rings is 10. The first-order valence-electron chi connectivity index (χ1n) is 24.2. The van der Waals surface area contributed by atoms with Crippen LogP contribution in [-0.4, -0.2) is 16.2 Å². The predicted molar refractivity (Wildman–Crippen MR) is 292 cm³/mol. The molecule has 0 spiro atoms. The van der Waals surface area contributed by atoms with E-state index in [0.29, 0.717) is 5.84 Å². The monoisotopic (exact) mass is 914 g/mol. The molecule has 0 saturated heterocycles. The second kappa shape index (κ2) is 15.5. The maximum atomic E-state index is 6.90. The van der Waals surface area contributed by atoms with Gasteiger partial charge in [0.05, 0.1) is 11.0 Å². The number of aliphatic imine (C=N–C) groups is 2. The molecule has 0 fully saturated rings. The number of hydrogen-bond acceptors (Lipinski definition) is 5. The molecule has 15 rings (SSSR count). The number of aromatic nitrogens is 1. The molecule has 6 heteroatoms. The summed E-state index contributed by atoms with van der Waals surface area (Å²) in [7, 11) is 0. The van der Waals surface area contributed by atoms with Crippen LogP contribution in [0.4, 0.5) is 0 Å². The smallest absolute Gasteiger partial charge is 0.161 e. The van der Waals surface area contributed by atoms with Gasteiger partial charge in [0.1, 0.15) is 23.2 Å². The number of hydrogen-bond donors (Lipinski definition) is 1. The standard InChI is InChI=1S/C64H42N4OS/c1-2-18-42(19-3-1)68-55-29-11-8-22-46(55)48-25-14-27-51(60(48)68)63-65-62(66-64(67-63)52-28-15-26-49-47-23-10-13-31-58(47)70-61(49)52)41-36-54(59-50-24-9-12-30-56(50)69-57(59)37-41)45-33-32-40-34-38-16-4-5-17-39(38)35-53(40)44-21-7-6-20-43(44)45/h1-31,34-37,45,64H,32-33H2,(H,65,66,67). The van der Waals surface area contributed by atoms with Crippen LogP contribution in [0.2, 0.25) is 0 Å². The maximum Gasteiger partial charge on any atom is 0.161 e. The van der Waals surface area contributed by atoms with Gasteiger partial charge in [-0.15, -0.1) is 11.3 Å². The molecule has 5 nitrogen and oxygen atoms in total. The van der Waals surface area contributed by atoms with Crippen molar-refractivity contribution in [1.29, 1.82) is 0 Å². The van der Waals surface area contributed by atoms with Crippen molar-refractivity contribution in [3.63, 3.8) is 0 Å². The maximum absolute atomic E-state index is 6.90. The summed E-state index contributed by atoms with van der Waals surface area (Å²) < 4.78 is 11.8. The molecular weight excluding hydrogens is 873 g/mol. The average Bonchev–Trinajstić information content (AvgIpc) is 4.07. The first-order valence-corrected chi connectivity index (χ1v) is 25.0. The predicted octanol–water partition coefficient (Wildman–Crippen LogP) is 16.4. The Bertz CT molecular complexity index is 4360. The van der Waals surface area contributed by atoms with Crippen LogP contribution in [0.3, 0.4) is 0 Å². The molecule has 70 heavy (non-hydrogen) atoms. The fourth-order valence-corrected chi connectivity index (χ4v) is 13.0. The van der Waals surface area contributed by atoms with Crippen LogP contribution in [-0.2, 0) is 6.42 Å². The first kappa shape index (κ1) is 39.4. The highest BCUT2D eigenvalue weighted by Gasteiger charge is 2.31. The number of nitrogens with one attached hydrogen (secondary N) is 1. The Balaban J connectivity index is 0.977. The van der Waals surface area contributed by atoms with E-state index in [4.69, 9.17) is 14.4 Å². The molecule has 0 radical (unpaired) electrons. The highest BCUT2D eigenvalue weighted by atomic mass is 32.1. The zero-order chi connectivity index (χ0) is 45.9. The molecule has 1 aliphatic heterocycles. The van der Waals surface area contributed by atoms with Gasteiger partial charge in [-0.1, -0.05) is 158 Å². The minimum atomic E-state index is -0.443. The van der Waals surface area contributed by atoms with Crippen LogP contribution in [0.5, 0.6) is 0 Å². The van der Waals surface area contributed by atoms with Gasteiger partial charge >= 0.3 is 0 Å². The van der Waals surface area contributed by atoms with Crippen LogP contribution in [0.15, 0.2) is 227 Å². The zero-order valence-electron chi connectivity index (χ0n) is 37.9. The van der Waals surface area contributed by atoms with Gasteiger partial charge in [0.25, 0.3) is 0 Å². The molecule has 4 heterocycles. The van der Waals surface area contributed by atoms with Crippen molar-refractivity contribution in [2.45, 2.75) is 24.9 Å². The van der Waals surface area contributed by atoms with E-state index in [1.807, 2.05) is 11.3 Å². The Hall–Kier alpha value is -8.58. The van der Waals surface area contributed by atoms with E-state index in [-0.39, 0.29) is 5.92 Å². The topological polar surface area (TPSA) is 54.8 Å². The molecule has 10 aromatic carbocycles. The molecule has 3 aromatic heterocycles. The Morgan fingerprint density at radius 2 is 1.23 bits per heavy atom. The van der Waals surface area contributed by atoms with Crippen molar-refractivity contribution < 1.29 is 4.42 Å². The van der Waals surface area contributed by atoms with E-state index in [1.54, 1.807) is 0 Å². The summed E-state index contributed by atoms with van der Waals surface area (Å²) in [5.74, 6) is 1.51. The van der Waals surface area contributed by atoms with E-state index in [2.05, 4.69) is 222 Å². The number of para-hydroxylation sites is 4. The molecule has 2 atom stereocenters. The van der Waals surface area contributed by atoms with Crippen molar-refractivity contribution in [2.75, 3.05) is 0 Å². The molecule has 330 valence electrons. The minimum Gasteiger partial charge on any atom is -0.456 e. The highest BCUT2D eigenvalue weighted by Crippen LogP contribution is 2.47. The molecule has 0 saturated carbocycles. The lowest BCUT2D eigenvalue weighted by molar-refractivity contribution is 0.665. The quantitative estimate of drug-likeness (QED) is 0.187. The average molecular weight is 915 g/mol. The Labute approximate surface area is 407 Å². The normalized spacial score (nSPS) is 15.9. The lowest BCUT2D eigenvalue weighted by atomic mass is 9.83. The molecule has 0 bridgehead atoms. The SMILES string of the molecule is c1ccc(-n2c3ccccc3c3cccc(C4=NC(c5cccc6c5sc5ccccc56)NC(c5cc(C6CCc7cc8ccccc8cc7-c7ccccc76)c6c(c5)oc5ccccc56)=N4)c32)cc1. The lowest BCUT2D eigenvalue weighted by Gasteiger charge is -2.26. The summed E-state index contributed by atoms with van der Waals surface area (Å²) in [6.07, 6.45) is 1.44. The molecule has 1 N–H and O–H groups in total. The molecule has 1 aliphatic carbocycles. The van der Waals surface area contributed by atoms with Crippen LogP contribution >= 0.6 is 11.3 Å². The van der Waals surface area contributed by atoms with Crippen molar-refractivity contribution in [1.82, 2.24) is 9.88 Å². The van der Waals surface area contributed by atoms with Crippen LogP contribution < -0.4 is 5.32 Å². The van der Waals surface area contributed by atoms with Gasteiger partial charge in [-0.25, -0.2) is 9.98 Å². The summed E-state index contributed by atoms with van der Waals surface area (Å²) in [4.78, 5) is 11.3. The van der Waals surface area contributed by atoms with E-state index in [9.17, 15) is 0 Å². The third kappa shape index (κ3) is 6.03. The van der Waals surface area contributed by atoms with E-state index in [0.717, 1.165) is 79.4 Å². The third-order valence-corrected chi connectivity index (χ3v) is 16.1. The second-order valence-corrected chi connectivity index (χ2v) is 19.8. The fourth-order valence-electron chi connectivity index (χ4n) is 11.8. The summed E-state index contributed by atoms with van der Waals surface area (Å²) in [5, 5.41) is 13.6. The molecule has 0 amide bonds. The van der Waals surface area contributed by atoms with Gasteiger partial charge < -0.3 is 14.3 Å². The summed E-state index contributed by atoms with van der Waals surface area (Å²) >= 11 is 1.83. The van der Waals surface area contributed by atoms with Gasteiger partial charge in [0.15, 0.2) is 5.84 Å². The molecule has 2 unspecified atom stereocenters. The number of fused-ring (bicyclic) bond motifs is 13. The van der Waals surface area contributed by atoms with Gasteiger partial charge in [-0.05, 0) is 106 Å². The number of furan rings is 1. The highest BCUT2D eigenvalue weighted by molar-refractivity contribution is 7.26. The Kier molecular flexibility index (Phi) is 8.71. The number of nitrogens with zero attached hydrogens (tertiary/aromatic N) is 3. The van der Waals surface area contributed by atoms with Crippen molar-refractivity contribution in [3.8, 4) is 16.8 Å². The van der Waals surface area contributed by atoms with Gasteiger partial charge in [-0.3, -0.25) is 0 Å². The second-order valence-electron chi connectivity index (χ2n) is 18.7. The number of thiophene rings is 1. The largest absolute Gasteiger partial charge is 0.456 e. The fraction of sp³-hybridized carbons (Fsp3) is 0.0625.